The summed E-state index contributed by atoms with van der Waals surface area (Å²) in [6.07, 6.45) is 4.64. The molecule has 7 heteroatoms. The van der Waals surface area contributed by atoms with Crippen molar-refractivity contribution in [3.63, 3.8) is 0 Å². The molecule has 1 fully saturated rings. The third kappa shape index (κ3) is 3.39. The Labute approximate surface area is 169 Å². The van der Waals surface area contributed by atoms with Crippen LogP contribution in [-0.4, -0.2) is 53.5 Å². The van der Waals surface area contributed by atoms with E-state index >= 15 is 0 Å². The number of halogens is 1. The Morgan fingerprint density at radius 2 is 2.18 bits per heavy atom. The maximum absolute atomic E-state index is 12.6. The minimum absolute atomic E-state index is 0.0930. The summed E-state index contributed by atoms with van der Waals surface area (Å²) in [5.41, 5.74) is 10.3. The molecular weight excluding hydrogens is 374 g/mol. The molecule has 3 heterocycles. The van der Waals surface area contributed by atoms with Crippen LogP contribution in [-0.2, 0) is 11.2 Å². The van der Waals surface area contributed by atoms with Gasteiger partial charge in [-0.05, 0) is 29.7 Å². The van der Waals surface area contributed by atoms with Crippen molar-refractivity contribution in [1.29, 1.82) is 0 Å². The van der Waals surface area contributed by atoms with Crippen molar-refractivity contribution in [2.24, 2.45) is 5.73 Å². The van der Waals surface area contributed by atoms with Crippen molar-refractivity contribution < 1.29 is 4.79 Å². The molecule has 1 aromatic carbocycles. The SMILES string of the molecule is CCc1c[nH]c2ncc(-c3cccc(N4CCN(CCN)CC4=O)c3)c(Cl)c12. The number of amides is 1. The molecular formula is C21H24ClN5O. The summed E-state index contributed by atoms with van der Waals surface area (Å²) < 4.78 is 0. The number of hydrogen-bond acceptors (Lipinski definition) is 4. The van der Waals surface area contributed by atoms with Crippen LogP contribution in [0, 0.1) is 0 Å². The highest BCUT2D eigenvalue weighted by Crippen LogP contribution is 2.36. The van der Waals surface area contributed by atoms with Crippen LogP contribution < -0.4 is 10.6 Å². The number of aromatic amines is 1. The van der Waals surface area contributed by atoms with Gasteiger partial charge in [-0.25, -0.2) is 4.98 Å². The number of piperazine rings is 1. The molecule has 28 heavy (non-hydrogen) atoms. The summed E-state index contributed by atoms with van der Waals surface area (Å²) in [6.45, 7) is 5.30. The molecule has 1 amide bonds. The van der Waals surface area contributed by atoms with Crippen molar-refractivity contribution in [3.8, 4) is 11.1 Å². The lowest BCUT2D eigenvalue weighted by molar-refractivity contribution is -0.121. The Bertz CT molecular complexity index is 1020. The van der Waals surface area contributed by atoms with Gasteiger partial charge in [0.1, 0.15) is 5.65 Å². The van der Waals surface area contributed by atoms with E-state index in [9.17, 15) is 4.79 Å². The molecule has 1 aliphatic heterocycles. The fourth-order valence-electron chi connectivity index (χ4n) is 3.81. The van der Waals surface area contributed by atoms with E-state index in [0.717, 1.165) is 52.9 Å². The van der Waals surface area contributed by atoms with Crippen LogP contribution in [0.4, 0.5) is 5.69 Å². The first-order chi connectivity index (χ1) is 13.6. The van der Waals surface area contributed by atoms with Gasteiger partial charge in [0.25, 0.3) is 0 Å². The molecule has 0 spiro atoms. The average Bonchev–Trinajstić information content (AvgIpc) is 3.13. The van der Waals surface area contributed by atoms with E-state index in [2.05, 4.69) is 21.8 Å². The zero-order valence-electron chi connectivity index (χ0n) is 15.9. The first-order valence-corrected chi connectivity index (χ1v) is 9.97. The monoisotopic (exact) mass is 397 g/mol. The van der Waals surface area contributed by atoms with E-state index < -0.39 is 0 Å². The molecule has 2 aromatic heterocycles. The Morgan fingerprint density at radius 3 is 2.93 bits per heavy atom. The van der Waals surface area contributed by atoms with Crippen molar-refractivity contribution in [3.05, 3.63) is 47.2 Å². The van der Waals surface area contributed by atoms with Gasteiger partial charge < -0.3 is 15.6 Å². The Hall–Kier alpha value is -2.41. The topological polar surface area (TPSA) is 78.2 Å². The molecule has 1 saturated heterocycles. The Balaban J connectivity index is 1.67. The standard InChI is InChI=1S/C21H24ClN5O/c1-2-14-11-24-21-19(14)20(22)17(12-25-21)15-4-3-5-16(10-15)27-9-8-26(7-6-23)13-18(27)28/h3-5,10-12H,2,6-9,13,23H2,1H3,(H,24,25). The summed E-state index contributed by atoms with van der Waals surface area (Å²) in [7, 11) is 0. The van der Waals surface area contributed by atoms with Crippen LogP contribution in [0.1, 0.15) is 12.5 Å². The summed E-state index contributed by atoms with van der Waals surface area (Å²) >= 11 is 6.76. The van der Waals surface area contributed by atoms with Crippen LogP contribution >= 0.6 is 11.6 Å². The lowest BCUT2D eigenvalue weighted by Gasteiger charge is -2.34. The first kappa shape index (κ1) is 18.9. The third-order valence-electron chi connectivity index (χ3n) is 5.31. The number of nitrogens with one attached hydrogen (secondary N) is 1. The number of pyridine rings is 1. The van der Waals surface area contributed by atoms with Gasteiger partial charge in [-0.15, -0.1) is 0 Å². The predicted octanol–water partition coefficient (Wildman–Crippen LogP) is 3.05. The maximum Gasteiger partial charge on any atom is 0.241 e. The van der Waals surface area contributed by atoms with Crippen molar-refractivity contribution >= 4 is 34.2 Å². The highest BCUT2D eigenvalue weighted by atomic mass is 35.5. The third-order valence-corrected chi connectivity index (χ3v) is 5.71. The second-order valence-corrected chi connectivity index (χ2v) is 7.42. The predicted molar refractivity (Wildman–Crippen MR) is 114 cm³/mol. The summed E-state index contributed by atoms with van der Waals surface area (Å²) in [5, 5.41) is 1.66. The zero-order valence-corrected chi connectivity index (χ0v) is 16.7. The first-order valence-electron chi connectivity index (χ1n) is 9.60. The van der Waals surface area contributed by atoms with Crippen LogP contribution in [0.25, 0.3) is 22.2 Å². The van der Waals surface area contributed by atoms with Gasteiger partial charge in [-0.2, -0.15) is 0 Å². The molecule has 146 valence electrons. The molecule has 3 N–H and O–H groups in total. The molecule has 0 saturated carbocycles. The normalized spacial score (nSPS) is 15.5. The highest BCUT2D eigenvalue weighted by Gasteiger charge is 2.25. The summed E-state index contributed by atoms with van der Waals surface area (Å²) in [4.78, 5) is 24.3. The fraction of sp³-hybridized carbons (Fsp3) is 0.333. The minimum Gasteiger partial charge on any atom is -0.346 e. The number of rotatable bonds is 5. The van der Waals surface area contributed by atoms with Crippen molar-refractivity contribution in [2.75, 3.05) is 37.6 Å². The molecule has 0 radical (unpaired) electrons. The van der Waals surface area contributed by atoms with E-state index in [1.54, 1.807) is 6.20 Å². The fourth-order valence-corrected chi connectivity index (χ4v) is 4.18. The zero-order chi connectivity index (χ0) is 19.7. The van der Waals surface area contributed by atoms with Gasteiger partial charge in [0.05, 0.1) is 11.6 Å². The number of aryl methyl sites for hydroxylation is 1. The molecule has 4 rings (SSSR count). The lowest BCUT2D eigenvalue weighted by atomic mass is 10.0. The number of benzene rings is 1. The van der Waals surface area contributed by atoms with E-state index in [4.69, 9.17) is 17.3 Å². The summed E-state index contributed by atoms with van der Waals surface area (Å²) in [6, 6.07) is 7.95. The molecule has 0 atom stereocenters. The molecule has 6 nitrogen and oxygen atoms in total. The number of nitrogens with zero attached hydrogens (tertiary/aromatic N) is 3. The number of carbonyl (C=O) groups excluding carboxylic acids is 1. The maximum atomic E-state index is 12.6. The van der Waals surface area contributed by atoms with Crippen LogP contribution in [0.15, 0.2) is 36.7 Å². The molecule has 3 aromatic rings. The number of anilines is 1. The van der Waals surface area contributed by atoms with E-state index in [0.29, 0.717) is 24.7 Å². The quantitative estimate of drug-likeness (QED) is 0.693. The average molecular weight is 398 g/mol. The van der Waals surface area contributed by atoms with Gasteiger partial charge >= 0.3 is 0 Å². The molecule has 1 aliphatic rings. The second kappa shape index (κ2) is 7.91. The number of hydrogen-bond donors (Lipinski definition) is 2. The number of H-pyrrole nitrogens is 1. The number of aromatic nitrogens is 2. The molecule has 0 aliphatic carbocycles. The second-order valence-electron chi connectivity index (χ2n) is 7.04. The number of carbonyl (C=O) groups is 1. The van der Waals surface area contributed by atoms with Gasteiger partial charge in [0.2, 0.25) is 5.91 Å². The van der Waals surface area contributed by atoms with Gasteiger partial charge in [-0.3, -0.25) is 9.69 Å². The van der Waals surface area contributed by atoms with Crippen LogP contribution in [0.5, 0.6) is 0 Å². The minimum atomic E-state index is 0.0930. The van der Waals surface area contributed by atoms with Gasteiger partial charge in [-0.1, -0.05) is 30.7 Å². The van der Waals surface area contributed by atoms with Crippen LogP contribution in [0.3, 0.4) is 0 Å². The van der Waals surface area contributed by atoms with E-state index in [1.807, 2.05) is 35.4 Å². The van der Waals surface area contributed by atoms with Gasteiger partial charge in [0, 0.05) is 55.2 Å². The van der Waals surface area contributed by atoms with Crippen molar-refractivity contribution in [2.45, 2.75) is 13.3 Å². The van der Waals surface area contributed by atoms with E-state index in [-0.39, 0.29) is 5.91 Å². The Morgan fingerprint density at radius 1 is 1.32 bits per heavy atom. The Kier molecular flexibility index (Phi) is 5.35. The summed E-state index contributed by atoms with van der Waals surface area (Å²) in [5.74, 6) is 0.0930. The van der Waals surface area contributed by atoms with Crippen molar-refractivity contribution in [1.82, 2.24) is 14.9 Å². The molecule has 0 unspecified atom stereocenters. The number of fused-ring (bicyclic) bond motifs is 1. The molecule has 0 bridgehead atoms. The lowest BCUT2D eigenvalue weighted by Crippen LogP contribution is -2.51. The van der Waals surface area contributed by atoms with Gasteiger partial charge in [0.15, 0.2) is 0 Å². The van der Waals surface area contributed by atoms with Crippen LogP contribution in [0.2, 0.25) is 5.02 Å². The highest BCUT2D eigenvalue weighted by molar-refractivity contribution is 6.38. The smallest absolute Gasteiger partial charge is 0.241 e. The van der Waals surface area contributed by atoms with E-state index in [1.165, 1.54) is 0 Å². The largest absolute Gasteiger partial charge is 0.346 e. The number of nitrogens with two attached hydrogens (primary N) is 1.